The average Bonchev–Trinajstić information content (AvgIpc) is 2.96. The van der Waals surface area contributed by atoms with Crippen LogP contribution < -0.4 is 11.1 Å². The minimum atomic E-state index is -0.0739. The van der Waals surface area contributed by atoms with Crippen LogP contribution in [0, 0.1) is 0 Å². The zero-order chi connectivity index (χ0) is 13.2. The fourth-order valence-electron chi connectivity index (χ4n) is 2.18. The standard InChI is InChI=1S/C14H17N3O2/c15-10-8-13(17(9-10)11-3-4-11)14(18)16-6-5-12-2-1-7-19-12/h1-2,7-9,11H,3-6,15H2,(H,16,18). The van der Waals surface area contributed by atoms with Gasteiger partial charge in [0.25, 0.3) is 5.91 Å². The van der Waals surface area contributed by atoms with E-state index in [0.29, 0.717) is 30.4 Å². The molecule has 0 bridgehead atoms. The number of nitrogens with one attached hydrogen (secondary N) is 1. The fraction of sp³-hybridized carbons (Fsp3) is 0.357. The van der Waals surface area contributed by atoms with Crippen molar-refractivity contribution in [1.82, 2.24) is 9.88 Å². The molecule has 1 aliphatic rings. The highest BCUT2D eigenvalue weighted by Crippen LogP contribution is 2.37. The van der Waals surface area contributed by atoms with Crippen LogP contribution in [0.15, 0.2) is 35.1 Å². The first-order valence-corrected chi connectivity index (χ1v) is 6.52. The topological polar surface area (TPSA) is 73.2 Å². The molecule has 0 aromatic carbocycles. The summed E-state index contributed by atoms with van der Waals surface area (Å²) in [6.07, 6.45) is 6.43. The Morgan fingerprint density at radius 2 is 2.37 bits per heavy atom. The Morgan fingerprint density at radius 3 is 3.05 bits per heavy atom. The molecular weight excluding hydrogens is 242 g/mol. The van der Waals surface area contributed by atoms with Crippen molar-refractivity contribution in [2.24, 2.45) is 0 Å². The molecule has 0 unspecified atom stereocenters. The number of carbonyl (C=O) groups is 1. The maximum absolute atomic E-state index is 12.1. The summed E-state index contributed by atoms with van der Waals surface area (Å²) in [6, 6.07) is 5.93. The molecule has 5 heteroatoms. The van der Waals surface area contributed by atoms with Crippen LogP contribution in [-0.2, 0) is 6.42 Å². The van der Waals surface area contributed by atoms with Crippen LogP contribution in [0.25, 0.3) is 0 Å². The number of hydrogen-bond donors (Lipinski definition) is 2. The largest absolute Gasteiger partial charge is 0.469 e. The third kappa shape index (κ3) is 2.65. The predicted octanol–water partition coefficient (Wildman–Crippen LogP) is 1.97. The van der Waals surface area contributed by atoms with Crippen LogP contribution in [0.1, 0.15) is 35.1 Å². The lowest BCUT2D eigenvalue weighted by Gasteiger charge is -2.07. The predicted molar refractivity (Wildman–Crippen MR) is 71.9 cm³/mol. The summed E-state index contributed by atoms with van der Waals surface area (Å²) in [5.41, 5.74) is 7.07. The number of furan rings is 1. The van der Waals surface area contributed by atoms with Crippen LogP contribution >= 0.6 is 0 Å². The summed E-state index contributed by atoms with van der Waals surface area (Å²) in [4.78, 5) is 12.1. The highest BCUT2D eigenvalue weighted by molar-refractivity contribution is 5.93. The van der Waals surface area contributed by atoms with E-state index >= 15 is 0 Å². The highest BCUT2D eigenvalue weighted by Gasteiger charge is 2.27. The van der Waals surface area contributed by atoms with Gasteiger partial charge in [0.2, 0.25) is 0 Å². The summed E-state index contributed by atoms with van der Waals surface area (Å²) in [6.45, 7) is 0.558. The molecule has 0 atom stereocenters. The van der Waals surface area contributed by atoms with Gasteiger partial charge in [-0.2, -0.15) is 0 Å². The molecule has 2 aromatic rings. The van der Waals surface area contributed by atoms with Gasteiger partial charge in [0, 0.05) is 25.2 Å². The number of nitrogens with zero attached hydrogens (tertiary/aromatic N) is 1. The number of rotatable bonds is 5. The summed E-state index contributed by atoms with van der Waals surface area (Å²) < 4.78 is 7.20. The fourth-order valence-corrected chi connectivity index (χ4v) is 2.18. The molecule has 19 heavy (non-hydrogen) atoms. The summed E-state index contributed by atoms with van der Waals surface area (Å²) >= 11 is 0. The lowest BCUT2D eigenvalue weighted by molar-refractivity contribution is 0.0944. The van der Waals surface area contributed by atoms with Crippen LogP contribution in [-0.4, -0.2) is 17.0 Å². The number of amides is 1. The Morgan fingerprint density at radius 1 is 1.53 bits per heavy atom. The van der Waals surface area contributed by atoms with Crippen molar-refractivity contribution in [1.29, 1.82) is 0 Å². The molecule has 1 fully saturated rings. The molecule has 0 radical (unpaired) electrons. The van der Waals surface area contributed by atoms with Crippen molar-refractivity contribution in [3.8, 4) is 0 Å². The highest BCUT2D eigenvalue weighted by atomic mass is 16.3. The number of nitrogens with two attached hydrogens (primary N) is 1. The molecule has 3 N–H and O–H groups in total. The van der Waals surface area contributed by atoms with Gasteiger partial charge in [0.15, 0.2) is 0 Å². The molecule has 0 aliphatic heterocycles. The number of hydrogen-bond acceptors (Lipinski definition) is 3. The first-order chi connectivity index (χ1) is 9.24. The van der Waals surface area contributed by atoms with Gasteiger partial charge in [0.05, 0.1) is 12.0 Å². The maximum Gasteiger partial charge on any atom is 0.268 e. The third-order valence-electron chi connectivity index (χ3n) is 3.28. The van der Waals surface area contributed by atoms with Crippen LogP contribution in [0.5, 0.6) is 0 Å². The molecule has 100 valence electrons. The number of anilines is 1. The van der Waals surface area contributed by atoms with Crippen molar-refractivity contribution in [2.45, 2.75) is 25.3 Å². The van der Waals surface area contributed by atoms with E-state index in [-0.39, 0.29) is 5.91 Å². The van der Waals surface area contributed by atoms with Crippen LogP contribution in [0.2, 0.25) is 0 Å². The monoisotopic (exact) mass is 259 g/mol. The summed E-state index contributed by atoms with van der Waals surface area (Å²) in [5.74, 6) is 0.799. The average molecular weight is 259 g/mol. The minimum Gasteiger partial charge on any atom is -0.469 e. The van der Waals surface area contributed by atoms with Crippen molar-refractivity contribution in [3.05, 3.63) is 42.1 Å². The van der Waals surface area contributed by atoms with Gasteiger partial charge < -0.3 is 20.0 Å². The minimum absolute atomic E-state index is 0.0739. The van der Waals surface area contributed by atoms with E-state index in [4.69, 9.17) is 10.2 Å². The van der Waals surface area contributed by atoms with E-state index in [1.54, 1.807) is 12.3 Å². The smallest absolute Gasteiger partial charge is 0.268 e. The van der Waals surface area contributed by atoms with E-state index < -0.39 is 0 Å². The van der Waals surface area contributed by atoms with E-state index in [1.807, 2.05) is 22.9 Å². The molecule has 1 saturated carbocycles. The first-order valence-electron chi connectivity index (χ1n) is 6.52. The first kappa shape index (κ1) is 11.9. The Kier molecular flexibility index (Phi) is 3.03. The molecule has 1 amide bonds. The Hall–Kier alpha value is -2.17. The summed E-state index contributed by atoms with van der Waals surface area (Å²) in [7, 11) is 0. The van der Waals surface area contributed by atoms with Gasteiger partial charge in [-0.1, -0.05) is 0 Å². The Balaban J connectivity index is 1.60. The van der Waals surface area contributed by atoms with Gasteiger partial charge in [-0.05, 0) is 31.0 Å². The van der Waals surface area contributed by atoms with Gasteiger partial charge in [-0.15, -0.1) is 0 Å². The number of aromatic nitrogens is 1. The Labute approximate surface area is 111 Å². The molecular formula is C14H17N3O2. The van der Waals surface area contributed by atoms with Gasteiger partial charge in [-0.25, -0.2) is 0 Å². The van der Waals surface area contributed by atoms with E-state index in [2.05, 4.69) is 5.32 Å². The second kappa shape index (κ2) is 4.84. The number of nitrogen functional groups attached to an aromatic ring is 1. The lowest BCUT2D eigenvalue weighted by atomic mass is 10.3. The molecule has 2 heterocycles. The quantitative estimate of drug-likeness (QED) is 0.862. The third-order valence-corrected chi connectivity index (χ3v) is 3.28. The van der Waals surface area contributed by atoms with Crippen molar-refractivity contribution >= 4 is 11.6 Å². The lowest BCUT2D eigenvalue weighted by Crippen LogP contribution is -2.27. The second-order valence-corrected chi connectivity index (χ2v) is 4.88. The molecule has 0 saturated heterocycles. The molecule has 5 nitrogen and oxygen atoms in total. The van der Waals surface area contributed by atoms with Crippen molar-refractivity contribution < 1.29 is 9.21 Å². The molecule has 3 rings (SSSR count). The SMILES string of the molecule is Nc1cc(C(=O)NCCc2ccco2)n(C2CC2)c1. The van der Waals surface area contributed by atoms with Crippen LogP contribution in [0.4, 0.5) is 5.69 Å². The van der Waals surface area contributed by atoms with Gasteiger partial charge in [0.1, 0.15) is 11.5 Å². The van der Waals surface area contributed by atoms with Crippen molar-refractivity contribution in [3.63, 3.8) is 0 Å². The van der Waals surface area contributed by atoms with E-state index in [9.17, 15) is 4.79 Å². The van der Waals surface area contributed by atoms with Gasteiger partial charge in [-0.3, -0.25) is 4.79 Å². The van der Waals surface area contributed by atoms with Crippen LogP contribution in [0.3, 0.4) is 0 Å². The second-order valence-electron chi connectivity index (χ2n) is 4.88. The Bertz CT molecular complexity index is 568. The molecule has 2 aromatic heterocycles. The zero-order valence-corrected chi connectivity index (χ0v) is 10.6. The molecule has 0 spiro atoms. The normalized spacial score (nSPS) is 14.5. The number of carbonyl (C=O) groups excluding carboxylic acids is 1. The zero-order valence-electron chi connectivity index (χ0n) is 10.6. The van der Waals surface area contributed by atoms with Crippen molar-refractivity contribution in [2.75, 3.05) is 12.3 Å². The van der Waals surface area contributed by atoms with E-state index in [0.717, 1.165) is 18.6 Å². The molecule has 1 aliphatic carbocycles. The summed E-state index contributed by atoms with van der Waals surface area (Å²) in [5, 5.41) is 2.90. The maximum atomic E-state index is 12.1. The van der Waals surface area contributed by atoms with E-state index in [1.165, 1.54) is 0 Å². The van der Waals surface area contributed by atoms with Gasteiger partial charge >= 0.3 is 0 Å².